The number of para-hydroxylation sites is 1. The number of halogens is 2. The second kappa shape index (κ2) is 4.84. The Kier molecular flexibility index (Phi) is 3.46. The number of nitrogens with zero attached hydrogens (tertiary/aromatic N) is 1. The van der Waals surface area contributed by atoms with Crippen LogP contribution in [-0.4, -0.2) is 17.5 Å². The second-order valence-corrected chi connectivity index (χ2v) is 4.73. The largest absolute Gasteiger partial charge is 0.323 e. The Morgan fingerprint density at radius 3 is 2.75 bits per heavy atom. The summed E-state index contributed by atoms with van der Waals surface area (Å²) in [6.45, 7) is 0. The number of hydrogen-bond donors (Lipinski definition) is 1. The molecule has 1 unspecified atom stereocenters. The molecule has 0 aliphatic carbocycles. The molecule has 5 heteroatoms. The van der Waals surface area contributed by atoms with E-state index in [9.17, 15) is 8.78 Å². The predicted octanol–water partition coefficient (Wildman–Crippen LogP) is 2.82. The highest BCUT2D eigenvalue weighted by Crippen LogP contribution is 2.22. The van der Waals surface area contributed by atoms with Crippen molar-refractivity contribution < 1.29 is 8.78 Å². The van der Waals surface area contributed by atoms with Gasteiger partial charge in [-0.3, -0.25) is 0 Å². The van der Waals surface area contributed by atoms with Crippen molar-refractivity contribution >= 4 is 21.6 Å². The highest BCUT2D eigenvalue weighted by molar-refractivity contribution is 7.18. The molecule has 0 aliphatic rings. The fourth-order valence-corrected chi connectivity index (χ4v) is 2.43. The Labute approximate surface area is 96.1 Å². The molecule has 2 N–H and O–H groups in total. The van der Waals surface area contributed by atoms with E-state index >= 15 is 0 Å². The van der Waals surface area contributed by atoms with Gasteiger partial charge in [0.25, 0.3) is 6.43 Å². The number of rotatable bonds is 4. The zero-order chi connectivity index (χ0) is 11.5. The zero-order valence-corrected chi connectivity index (χ0v) is 9.38. The maximum atomic E-state index is 12.2. The number of aryl methyl sites for hydroxylation is 1. The van der Waals surface area contributed by atoms with Crippen LogP contribution in [0.2, 0.25) is 0 Å². The Bertz CT molecular complexity index is 437. The molecule has 0 saturated heterocycles. The van der Waals surface area contributed by atoms with E-state index in [0.717, 1.165) is 15.2 Å². The molecule has 0 bridgehead atoms. The Morgan fingerprint density at radius 2 is 2.06 bits per heavy atom. The lowest BCUT2D eigenvalue weighted by Crippen LogP contribution is -2.28. The first-order valence-corrected chi connectivity index (χ1v) is 5.86. The van der Waals surface area contributed by atoms with Crippen LogP contribution in [0, 0.1) is 0 Å². The van der Waals surface area contributed by atoms with Crippen LogP contribution in [0.4, 0.5) is 8.78 Å². The standard InChI is InChI=1S/C11H12F2N2S/c12-11(13)7(14)5-6-10-15-8-3-1-2-4-9(8)16-10/h1-4,7,11H,5-6,14H2. The summed E-state index contributed by atoms with van der Waals surface area (Å²) < 4.78 is 25.5. The zero-order valence-electron chi connectivity index (χ0n) is 8.57. The molecule has 0 saturated carbocycles. The summed E-state index contributed by atoms with van der Waals surface area (Å²) in [4.78, 5) is 4.36. The van der Waals surface area contributed by atoms with Crippen LogP contribution in [-0.2, 0) is 6.42 Å². The van der Waals surface area contributed by atoms with Crippen molar-refractivity contribution in [2.75, 3.05) is 0 Å². The molecule has 0 radical (unpaired) electrons. The van der Waals surface area contributed by atoms with E-state index in [1.54, 1.807) is 0 Å². The summed E-state index contributed by atoms with van der Waals surface area (Å²) >= 11 is 1.54. The Hall–Kier alpha value is -1.07. The molecule has 16 heavy (non-hydrogen) atoms. The minimum Gasteiger partial charge on any atom is -0.323 e. The van der Waals surface area contributed by atoms with Crippen LogP contribution in [0.5, 0.6) is 0 Å². The normalized spacial score (nSPS) is 13.5. The average molecular weight is 242 g/mol. The fourth-order valence-electron chi connectivity index (χ4n) is 1.44. The number of thiazole rings is 1. The molecule has 86 valence electrons. The lowest BCUT2D eigenvalue weighted by atomic mass is 10.2. The van der Waals surface area contributed by atoms with Crippen molar-refractivity contribution in [2.45, 2.75) is 25.3 Å². The molecule has 2 rings (SSSR count). The first-order valence-electron chi connectivity index (χ1n) is 5.05. The summed E-state index contributed by atoms with van der Waals surface area (Å²) in [6.07, 6.45) is -1.66. The number of nitrogens with two attached hydrogens (primary N) is 1. The molecule has 0 amide bonds. The van der Waals surface area contributed by atoms with Gasteiger partial charge >= 0.3 is 0 Å². The third kappa shape index (κ3) is 2.54. The molecule has 2 aromatic rings. The van der Waals surface area contributed by atoms with Crippen molar-refractivity contribution in [3.05, 3.63) is 29.3 Å². The number of benzene rings is 1. The van der Waals surface area contributed by atoms with Crippen molar-refractivity contribution in [2.24, 2.45) is 5.73 Å². The number of aromatic nitrogens is 1. The van der Waals surface area contributed by atoms with E-state index < -0.39 is 12.5 Å². The fraction of sp³-hybridized carbons (Fsp3) is 0.364. The highest BCUT2D eigenvalue weighted by atomic mass is 32.1. The van der Waals surface area contributed by atoms with Gasteiger partial charge in [0, 0.05) is 6.42 Å². The summed E-state index contributed by atoms with van der Waals surface area (Å²) in [5.74, 6) is 0. The third-order valence-corrected chi connectivity index (χ3v) is 3.45. The van der Waals surface area contributed by atoms with Gasteiger partial charge in [-0.05, 0) is 18.6 Å². The second-order valence-electron chi connectivity index (χ2n) is 3.61. The van der Waals surface area contributed by atoms with Crippen molar-refractivity contribution in [1.82, 2.24) is 4.98 Å². The first-order chi connectivity index (χ1) is 7.66. The van der Waals surface area contributed by atoms with Crippen LogP contribution >= 0.6 is 11.3 Å². The number of alkyl halides is 2. The van der Waals surface area contributed by atoms with E-state index in [4.69, 9.17) is 5.73 Å². The van der Waals surface area contributed by atoms with Gasteiger partial charge in [-0.2, -0.15) is 0 Å². The molecular weight excluding hydrogens is 230 g/mol. The van der Waals surface area contributed by atoms with E-state index in [0.29, 0.717) is 6.42 Å². The number of fused-ring (bicyclic) bond motifs is 1. The summed E-state index contributed by atoms with van der Waals surface area (Å²) in [5, 5.41) is 0.873. The molecule has 1 aromatic carbocycles. The van der Waals surface area contributed by atoms with Crippen molar-refractivity contribution in [3.8, 4) is 0 Å². The van der Waals surface area contributed by atoms with Crippen molar-refractivity contribution in [3.63, 3.8) is 0 Å². The van der Waals surface area contributed by atoms with E-state index in [-0.39, 0.29) is 6.42 Å². The number of hydrogen-bond acceptors (Lipinski definition) is 3. The van der Waals surface area contributed by atoms with Gasteiger partial charge in [0.05, 0.1) is 21.3 Å². The van der Waals surface area contributed by atoms with Crippen LogP contribution in [0.25, 0.3) is 10.2 Å². The predicted molar refractivity (Wildman–Crippen MR) is 61.9 cm³/mol. The molecule has 1 aromatic heterocycles. The molecule has 0 spiro atoms. The Balaban J connectivity index is 2.05. The summed E-state index contributed by atoms with van der Waals surface area (Å²) in [6, 6.07) is 6.70. The summed E-state index contributed by atoms with van der Waals surface area (Å²) in [7, 11) is 0. The quantitative estimate of drug-likeness (QED) is 0.895. The topological polar surface area (TPSA) is 38.9 Å². The van der Waals surface area contributed by atoms with Gasteiger partial charge in [0.1, 0.15) is 0 Å². The molecule has 1 heterocycles. The third-order valence-electron chi connectivity index (χ3n) is 2.35. The lowest BCUT2D eigenvalue weighted by molar-refractivity contribution is 0.112. The van der Waals surface area contributed by atoms with E-state index in [1.807, 2.05) is 24.3 Å². The first kappa shape index (κ1) is 11.4. The molecule has 0 fully saturated rings. The van der Waals surface area contributed by atoms with Gasteiger partial charge in [-0.25, -0.2) is 13.8 Å². The molecule has 0 aliphatic heterocycles. The minimum absolute atomic E-state index is 0.275. The highest BCUT2D eigenvalue weighted by Gasteiger charge is 2.15. The maximum absolute atomic E-state index is 12.2. The minimum atomic E-state index is -2.45. The van der Waals surface area contributed by atoms with Crippen LogP contribution < -0.4 is 5.73 Å². The van der Waals surface area contributed by atoms with Crippen molar-refractivity contribution in [1.29, 1.82) is 0 Å². The Morgan fingerprint density at radius 1 is 1.31 bits per heavy atom. The van der Waals surface area contributed by atoms with Gasteiger partial charge < -0.3 is 5.73 Å². The van der Waals surface area contributed by atoms with Gasteiger partial charge in [-0.1, -0.05) is 12.1 Å². The molecule has 2 nitrogen and oxygen atoms in total. The van der Waals surface area contributed by atoms with Gasteiger partial charge in [0.15, 0.2) is 0 Å². The lowest BCUT2D eigenvalue weighted by Gasteiger charge is -2.07. The van der Waals surface area contributed by atoms with Gasteiger partial charge in [-0.15, -0.1) is 11.3 Å². The van der Waals surface area contributed by atoms with Crippen LogP contribution in [0.1, 0.15) is 11.4 Å². The molecular formula is C11H12F2N2S. The van der Waals surface area contributed by atoms with E-state index in [1.165, 1.54) is 11.3 Å². The smallest absolute Gasteiger partial charge is 0.253 e. The monoisotopic (exact) mass is 242 g/mol. The summed E-state index contributed by atoms with van der Waals surface area (Å²) in [5.41, 5.74) is 6.21. The van der Waals surface area contributed by atoms with Gasteiger partial charge in [0.2, 0.25) is 0 Å². The SMILES string of the molecule is NC(CCc1nc2ccccc2s1)C(F)F. The van der Waals surface area contributed by atoms with Crippen LogP contribution in [0.3, 0.4) is 0 Å². The molecule has 1 atom stereocenters. The van der Waals surface area contributed by atoms with Crippen LogP contribution in [0.15, 0.2) is 24.3 Å². The maximum Gasteiger partial charge on any atom is 0.253 e. The average Bonchev–Trinajstić information content (AvgIpc) is 2.68. The van der Waals surface area contributed by atoms with E-state index in [2.05, 4.69) is 4.98 Å².